The summed E-state index contributed by atoms with van der Waals surface area (Å²) < 4.78 is 10.2. The van der Waals surface area contributed by atoms with Gasteiger partial charge in [0.1, 0.15) is 11.3 Å². The number of furan rings is 1. The summed E-state index contributed by atoms with van der Waals surface area (Å²) in [6, 6.07) is 1.80. The largest absolute Gasteiger partial charge is 0.464 e. The van der Waals surface area contributed by atoms with Crippen LogP contribution in [0, 0.1) is 0 Å². The summed E-state index contributed by atoms with van der Waals surface area (Å²) in [6.45, 7) is 6.10. The molecule has 0 aromatic carbocycles. The molecule has 0 N–H and O–H groups in total. The van der Waals surface area contributed by atoms with Gasteiger partial charge in [0.15, 0.2) is 5.69 Å². The number of rotatable bonds is 1. The number of carbonyl (C=O) groups is 1. The molecule has 17 heavy (non-hydrogen) atoms. The maximum absolute atomic E-state index is 11.3. The van der Waals surface area contributed by atoms with Crippen LogP contribution in [0.1, 0.15) is 37.0 Å². The predicted molar refractivity (Wildman–Crippen MR) is 61.8 cm³/mol. The lowest BCUT2D eigenvalue weighted by Crippen LogP contribution is -2.08. The highest BCUT2D eigenvalue weighted by Gasteiger charge is 2.20. The van der Waals surface area contributed by atoms with Crippen molar-refractivity contribution in [2.24, 2.45) is 0 Å². The Morgan fingerprint density at radius 1 is 1.41 bits per heavy atom. The zero-order chi connectivity index (χ0) is 12.6. The number of hydrogen-bond acceptors (Lipinski definition) is 5. The van der Waals surface area contributed by atoms with Crippen molar-refractivity contribution in [3.8, 4) is 0 Å². The highest BCUT2D eigenvalue weighted by molar-refractivity contribution is 5.88. The van der Waals surface area contributed by atoms with Gasteiger partial charge in [0.25, 0.3) is 0 Å². The van der Waals surface area contributed by atoms with E-state index in [1.807, 2.05) is 20.8 Å². The van der Waals surface area contributed by atoms with Crippen LogP contribution in [-0.4, -0.2) is 23.0 Å². The van der Waals surface area contributed by atoms with E-state index in [4.69, 9.17) is 4.42 Å². The molecule has 90 valence electrons. The SMILES string of the molecule is COC(=O)c1cnc2oc(C(C)(C)C)cc2n1. The zero-order valence-corrected chi connectivity index (χ0v) is 10.3. The van der Waals surface area contributed by atoms with Crippen LogP contribution in [0.25, 0.3) is 11.2 Å². The molecule has 2 heterocycles. The fourth-order valence-electron chi connectivity index (χ4n) is 1.40. The highest BCUT2D eigenvalue weighted by atomic mass is 16.5. The van der Waals surface area contributed by atoms with Crippen LogP contribution in [0.5, 0.6) is 0 Å². The van der Waals surface area contributed by atoms with Crippen LogP contribution in [-0.2, 0) is 10.2 Å². The molecule has 5 nitrogen and oxygen atoms in total. The number of esters is 1. The fraction of sp³-hybridized carbons (Fsp3) is 0.417. The molecule has 0 spiro atoms. The number of hydrogen-bond donors (Lipinski definition) is 0. The van der Waals surface area contributed by atoms with Gasteiger partial charge >= 0.3 is 5.97 Å². The van der Waals surface area contributed by atoms with E-state index in [0.29, 0.717) is 11.2 Å². The molecule has 0 saturated heterocycles. The second-order valence-electron chi connectivity index (χ2n) is 4.80. The van der Waals surface area contributed by atoms with Crippen molar-refractivity contribution >= 4 is 17.2 Å². The van der Waals surface area contributed by atoms with Gasteiger partial charge < -0.3 is 9.15 Å². The van der Waals surface area contributed by atoms with Crippen molar-refractivity contribution < 1.29 is 13.9 Å². The summed E-state index contributed by atoms with van der Waals surface area (Å²) >= 11 is 0. The van der Waals surface area contributed by atoms with Gasteiger partial charge in [-0.05, 0) is 0 Å². The van der Waals surface area contributed by atoms with Crippen molar-refractivity contribution in [2.45, 2.75) is 26.2 Å². The third-order valence-corrected chi connectivity index (χ3v) is 2.37. The van der Waals surface area contributed by atoms with E-state index in [9.17, 15) is 4.79 Å². The van der Waals surface area contributed by atoms with E-state index in [0.717, 1.165) is 5.76 Å². The maximum atomic E-state index is 11.3. The van der Waals surface area contributed by atoms with Gasteiger partial charge in [-0.1, -0.05) is 20.8 Å². The fourth-order valence-corrected chi connectivity index (χ4v) is 1.40. The normalized spacial score (nSPS) is 11.8. The first kappa shape index (κ1) is 11.6. The van der Waals surface area contributed by atoms with Crippen LogP contribution >= 0.6 is 0 Å². The molecular weight excluding hydrogens is 220 g/mol. The lowest BCUT2D eigenvalue weighted by molar-refractivity contribution is 0.0594. The first-order chi connectivity index (χ1) is 7.91. The van der Waals surface area contributed by atoms with E-state index in [1.54, 1.807) is 6.07 Å². The predicted octanol–water partition coefficient (Wildman–Crippen LogP) is 2.31. The van der Waals surface area contributed by atoms with E-state index in [2.05, 4.69) is 14.7 Å². The number of ether oxygens (including phenoxy) is 1. The van der Waals surface area contributed by atoms with Gasteiger partial charge in [-0.15, -0.1) is 0 Å². The van der Waals surface area contributed by atoms with Gasteiger partial charge in [0.05, 0.1) is 13.3 Å². The number of methoxy groups -OCH3 is 1. The summed E-state index contributed by atoms with van der Waals surface area (Å²) in [6.07, 6.45) is 1.35. The van der Waals surface area contributed by atoms with E-state index < -0.39 is 5.97 Å². The Balaban J connectivity index is 2.52. The average molecular weight is 234 g/mol. The molecule has 0 amide bonds. The lowest BCUT2D eigenvalue weighted by Gasteiger charge is -2.13. The van der Waals surface area contributed by atoms with Crippen LogP contribution in [0.3, 0.4) is 0 Å². The van der Waals surface area contributed by atoms with Crippen molar-refractivity contribution in [2.75, 3.05) is 7.11 Å². The quantitative estimate of drug-likeness (QED) is 0.708. The minimum absolute atomic E-state index is 0.117. The molecule has 2 aromatic rings. The minimum atomic E-state index is -0.502. The molecule has 2 aromatic heterocycles. The van der Waals surface area contributed by atoms with Gasteiger partial charge in [-0.3, -0.25) is 0 Å². The molecule has 0 atom stereocenters. The maximum Gasteiger partial charge on any atom is 0.358 e. The Bertz CT molecular complexity index is 567. The molecule has 0 aliphatic heterocycles. The Kier molecular flexibility index (Phi) is 2.61. The smallest absolute Gasteiger partial charge is 0.358 e. The van der Waals surface area contributed by atoms with Crippen molar-refractivity contribution in [1.82, 2.24) is 9.97 Å². The van der Waals surface area contributed by atoms with Gasteiger partial charge in [-0.2, -0.15) is 0 Å². The molecule has 0 unspecified atom stereocenters. The van der Waals surface area contributed by atoms with Gasteiger partial charge in [-0.25, -0.2) is 14.8 Å². The summed E-state index contributed by atoms with van der Waals surface area (Å²) in [7, 11) is 1.31. The lowest BCUT2D eigenvalue weighted by atomic mass is 9.93. The summed E-state index contributed by atoms with van der Waals surface area (Å²) in [5.74, 6) is 0.285. The second-order valence-corrected chi connectivity index (χ2v) is 4.80. The minimum Gasteiger partial charge on any atom is -0.464 e. The summed E-state index contributed by atoms with van der Waals surface area (Å²) in [5, 5.41) is 0. The van der Waals surface area contributed by atoms with Gasteiger partial charge in [0, 0.05) is 11.5 Å². The first-order valence-corrected chi connectivity index (χ1v) is 5.27. The van der Waals surface area contributed by atoms with E-state index >= 15 is 0 Å². The number of carbonyl (C=O) groups excluding carboxylic acids is 1. The molecule has 0 aliphatic carbocycles. The molecule has 0 aliphatic rings. The molecule has 0 radical (unpaired) electrons. The highest BCUT2D eigenvalue weighted by Crippen LogP contribution is 2.27. The second kappa shape index (κ2) is 3.84. The van der Waals surface area contributed by atoms with E-state index in [1.165, 1.54) is 13.3 Å². The number of fused-ring (bicyclic) bond motifs is 1. The standard InChI is InChI=1S/C12H14N2O3/c1-12(2,3)9-5-7-10(17-9)13-6-8(14-7)11(15)16-4/h5-6H,1-4H3. The van der Waals surface area contributed by atoms with Crippen molar-refractivity contribution in [3.63, 3.8) is 0 Å². The Morgan fingerprint density at radius 2 is 2.12 bits per heavy atom. The number of aromatic nitrogens is 2. The van der Waals surface area contributed by atoms with Crippen LogP contribution in [0.4, 0.5) is 0 Å². The zero-order valence-electron chi connectivity index (χ0n) is 10.3. The number of nitrogens with zero attached hydrogens (tertiary/aromatic N) is 2. The Hall–Kier alpha value is -1.91. The third kappa shape index (κ3) is 2.13. The van der Waals surface area contributed by atoms with Crippen LogP contribution in [0.15, 0.2) is 16.7 Å². The van der Waals surface area contributed by atoms with Gasteiger partial charge in [0.2, 0.25) is 5.71 Å². The van der Waals surface area contributed by atoms with E-state index in [-0.39, 0.29) is 11.1 Å². The first-order valence-electron chi connectivity index (χ1n) is 5.27. The van der Waals surface area contributed by atoms with Crippen LogP contribution in [0.2, 0.25) is 0 Å². The van der Waals surface area contributed by atoms with Crippen molar-refractivity contribution in [3.05, 3.63) is 23.7 Å². The van der Waals surface area contributed by atoms with Crippen molar-refractivity contribution in [1.29, 1.82) is 0 Å². The average Bonchev–Trinajstić information content (AvgIpc) is 2.70. The molecule has 0 saturated carbocycles. The summed E-state index contributed by atoms with van der Waals surface area (Å²) in [4.78, 5) is 19.5. The molecule has 0 bridgehead atoms. The topological polar surface area (TPSA) is 65.2 Å². The summed E-state index contributed by atoms with van der Waals surface area (Å²) in [5.41, 5.74) is 1.06. The third-order valence-electron chi connectivity index (χ3n) is 2.37. The molecular formula is C12H14N2O3. The Labute approximate surface area is 98.8 Å². The Morgan fingerprint density at radius 3 is 2.71 bits per heavy atom. The molecule has 0 fully saturated rings. The molecule has 2 rings (SSSR count). The monoisotopic (exact) mass is 234 g/mol. The van der Waals surface area contributed by atoms with Crippen LogP contribution < -0.4 is 0 Å². The molecule has 5 heteroatoms.